The molecule has 3 fully saturated rings. The Morgan fingerprint density at radius 1 is 1.00 bits per heavy atom. The Hall–Kier alpha value is -1.10. The third kappa shape index (κ3) is 3.57. The first-order valence-corrected chi connectivity index (χ1v) is 8.39. The van der Waals surface area contributed by atoms with Gasteiger partial charge in [0.25, 0.3) is 0 Å². The van der Waals surface area contributed by atoms with Crippen molar-refractivity contribution in [3.63, 3.8) is 0 Å². The van der Waals surface area contributed by atoms with Crippen LogP contribution in [0.5, 0.6) is 0 Å². The van der Waals surface area contributed by atoms with Gasteiger partial charge in [-0.05, 0) is 38.5 Å². The third-order valence-electron chi connectivity index (χ3n) is 5.26. The van der Waals surface area contributed by atoms with Crippen molar-refractivity contribution in [2.24, 2.45) is 17.8 Å². The molecule has 2 N–H and O–H groups in total. The van der Waals surface area contributed by atoms with Crippen LogP contribution in [0.25, 0.3) is 0 Å². The first-order chi connectivity index (χ1) is 10.1. The summed E-state index contributed by atoms with van der Waals surface area (Å²) in [5.41, 5.74) is 0. The molecule has 2 aliphatic carbocycles. The van der Waals surface area contributed by atoms with E-state index in [-0.39, 0.29) is 29.8 Å². The van der Waals surface area contributed by atoms with Gasteiger partial charge in [0.05, 0.1) is 6.10 Å². The number of nitrogens with one attached hydrogen (secondary N) is 1. The Balaban J connectivity index is 1.39. The van der Waals surface area contributed by atoms with Crippen LogP contribution >= 0.6 is 0 Å². The lowest BCUT2D eigenvalue weighted by molar-refractivity contribution is -0.136. The SMILES string of the molecule is O=C(NCC1CCCC1O)C1CCN(C(=O)C2CC2)CC1. The Kier molecular flexibility index (Phi) is 4.48. The van der Waals surface area contributed by atoms with Gasteiger partial charge < -0.3 is 15.3 Å². The summed E-state index contributed by atoms with van der Waals surface area (Å²) in [4.78, 5) is 26.1. The number of carbonyl (C=O) groups is 2. The molecule has 5 nitrogen and oxygen atoms in total. The normalized spacial score (nSPS) is 30.4. The van der Waals surface area contributed by atoms with Gasteiger partial charge in [-0.2, -0.15) is 0 Å². The zero-order chi connectivity index (χ0) is 14.8. The van der Waals surface area contributed by atoms with Crippen LogP contribution in [0.2, 0.25) is 0 Å². The van der Waals surface area contributed by atoms with Gasteiger partial charge >= 0.3 is 0 Å². The fraction of sp³-hybridized carbons (Fsp3) is 0.875. The number of nitrogens with zero attached hydrogens (tertiary/aromatic N) is 1. The summed E-state index contributed by atoms with van der Waals surface area (Å²) in [6.45, 7) is 2.04. The van der Waals surface area contributed by atoms with E-state index in [0.29, 0.717) is 12.5 Å². The van der Waals surface area contributed by atoms with Gasteiger partial charge in [0.15, 0.2) is 0 Å². The summed E-state index contributed by atoms with van der Waals surface area (Å²) in [5, 5.41) is 12.8. The molecule has 2 unspecified atom stereocenters. The number of aliphatic hydroxyl groups excluding tert-OH is 1. The van der Waals surface area contributed by atoms with E-state index in [1.165, 1.54) is 0 Å². The van der Waals surface area contributed by atoms with E-state index >= 15 is 0 Å². The highest BCUT2D eigenvalue weighted by atomic mass is 16.3. The molecular weight excluding hydrogens is 268 g/mol. The van der Waals surface area contributed by atoms with Crippen molar-refractivity contribution in [3.8, 4) is 0 Å². The number of hydrogen-bond acceptors (Lipinski definition) is 3. The second-order valence-corrected chi connectivity index (χ2v) is 6.88. The molecule has 3 rings (SSSR count). The Bertz CT molecular complexity index is 400. The van der Waals surface area contributed by atoms with Crippen LogP contribution in [0, 0.1) is 17.8 Å². The monoisotopic (exact) mass is 294 g/mol. The molecule has 1 heterocycles. The van der Waals surface area contributed by atoms with Crippen LogP contribution in [0.4, 0.5) is 0 Å². The predicted molar refractivity (Wildman–Crippen MR) is 78.4 cm³/mol. The third-order valence-corrected chi connectivity index (χ3v) is 5.26. The van der Waals surface area contributed by atoms with Crippen LogP contribution in [-0.2, 0) is 9.59 Å². The maximum absolute atomic E-state index is 12.2. The van der Waals surface area contributed by atoms with Crippen molar-refractivity contribution in [1.82, 2.24) is 10.2 Å². The molecule has 21 heavy (non-hydrogen) atoms. The van der Waals surface area contributed by atoms with E-state index in [4.69, 9.17) is 0 Å². The number of amides is 2. The van der Waals surface area contributed by atoms with Gasteiger partial charge in [0.2, 0.25) is 11.8 Å². The molecule has 0 radical (unpaired) electrons. The van der Waals surface area contributed by atoms with Crippen molar-refractivity contribution in [1.29, 1.82) is 0 Å². The minimum atomic E-state index is -0.247. The van der Waals surface area contributed by atoms with Gasteiger partial charge in [0, 0.05) is 37.4 Å². The standard InChI is InChI=1S/C16H26N2O3/c19-14-3-1-2-13(14)10-17-15(20)11-6-8-18(9-7-11)16(21)12-4-5-12/h11-14,19H,1-10H2,(H,17,20). The predicted octanol–water partition coefficient (Wildman–Crippen LogP) is 0.912. The lowest BCUT2D eigenvalue weighted by Crippen LogP contribution is -2.44. The fourth-order valence-electron chi connectivity index (χ4n) is 3.58. The number of piperidine rings is 1. The quantitative estimate of drug-likeness (QED) is 0.810. The summed E-state index contributed by atoms with van der Waals surface area (Å²) in [7, 11) is 0. The molecule has 2 amide bonds. The van der Waals surface area contributed by atoms with E-state index in [0.717, 1.165) is 58.0 Å². The van der Waals surface area contributed by atoms with Crippen molar-refractivity contribution >= 4 is 11.8 Å². The number of hydrogen-bond donors (Lipinski definition) is 2. The summed E-state index contributed by atoms with van der Waals surface area (Å²) in [5.74, 6) is 0.937. The maximum atomic E-state index is 12.2. The lowest BCUT2D eigenvalue weighted by Gasteiger charge is -2.31. The van der Waals surface area contributed by atoms with Crippen LogP contribution in [0.15, 0.2) is 0 Å². The second kappa shape index (κ2) is 6.34. The zero-order valence-corrected chi connectivity index (χ0v) is 12.6. The fourth-order valence-corrected chi connectivity index (χ4v) is 3.58. The number of carbonyl (C=O) groups excluding carboxylic acids is 2. The number of likely N-dealkylation sites (tertiary alicyclic amines) is 1. The van der Waals surface area contributed by atoms with Gasteiger partial charge in [-0.15, -0.1) is 0 Å². The Morgan fingerprint density at radius 2 is 1.71 bits per heavy atom. The van der Waals surface area contributed by atoms with Crippen molar-refractivity contribution in [3.05, 3.63) is 0 Å². The van der Waals surface area contributed by atoms with Gasteiger partial charge in [-0.1, -0.05) is 6.42 Å². The Labute approximate surface area is 126 Å². The molecule has 0 aromatic carbocycles. The summed E-state index contributed by atoms with van der Waals surface area (Å²) in [6.07, 6.45) is 6.32. The lowest BCUT2D eigenvalue weighted by atomic mass is 9.95. The summed E-state index contributed by atoms with van der Waals surface area (Å²) >= 11 is 0. The molecule has 118 valence electrons. The van der Waals surface area contributed by atoms with Crippen LogP contribution in [0.1, 0.15) is 44.9 Å². The topological polar surface area (TPSA) is 69.6 Å². The number of rotatable bonds is 4. The van der Waals surface area contributed by atoms with Gasteiger partial charge in [-0.25, -0.2) is 0 Å². The molecular formula is C16H26N2O3. The average Bonchev–Trinajstić information content (AvgIpc) is 3.27. The summed E-state index contributed by atoms with van der Waals surface area (Å²) in [6, 6.07) is 0. The van der Waals surface area contributed by atoms with Crippen molar-refractivity contribution in [2.75, 3.05) is 19.6 Å². The first kappa shape index (κ1) is 14.8. The Morgan fingerprint density at radius 3 is 2.29 bits per heavy atom. The molecule has 5 heteroatoms. The van der Waals surface area contributed by atoms with E-state index in [9.17, 15) is 14.7 Å². The van der Waals surface area contributed by atoms with E-state index in [1.807, 2.05) is 4.90 Å². The summed E-state index contributed by atoms with van der Waals surface area (Å²) < 4.78 is 0. The molecule has 1 saturated heterocycles. The first-order valence-electron chi connectivity index (χ1n) is 8.39. The zero-order valence-electron chi connectivity index (χ0n) is 12.6. The molecule has 2 saturated carbocycles. The maximum Gasteiger partial charge on any atom is 0.225 e. The largest absolute Gasteiger partial charge is 0.393 e. The van der Waals surface area contributed by atoms with Gasteiger partial charge in [-0.3, -0.25) is 9.59 Å². The van der Waals surface area contributed by atoms with Crippen LogP contribution in [0.3, 0.4) is 0 Å². The highest BCUT2D eigenvalue weighted by Crippen LogP contribution is 2.32. The second-order valence-electron chi connectivity index (χ2n) is 6.88. The molecule has 0 bridgehead atoms. The molecule has 3 aliphatic rings. The minimum absolute atomic E-state index is 0.0341. The molecule has 0 aromatic heterocycles. The van der Waals surface area contributed by atoms with Crippen LogP contribution < -0.4 is 5.32 Å². The van der Waals surface area contributed by atoms with E-state index in [1.54, 1.807) is 0 Å². The smallest absolute Gasteiger partial charge is 0.225 e. The molecule has 0 aromatic rings. The minimum Gasteiger partial charge on any atom is -0.393 e. The van der Waals surface area contributed by atoms with Crippen molar-refractivity contribution < 1.29 is 14.7 Å². The van der Waals surface area contributed by atoms with E-state index in [2.05, 4.69) is 5.32 Å². The van der Waals surface area contributed by atoms with Crippen molar-refractivity contribution in [2.45, 2.75) is 51.0 Å². The molecule has 2 atom stereocenters. The molecule has 1 aliphatic heterocycles. The average molecular weight is 294 g/mol. The highest BCUT2D eigenvalue weighted by Gasteiger charge is 2.36. The van der Waals surface area contributed by atoms with E-state index < -0.39 is 0 Å². The molecule has 0 spiro atoms. The number of aliphatic hydroxyl groups is 1. The van der Waals surface area contributed by atoms with Crippen LogP contribution in [-0.4, -0.2) is 47.6 Å². The highest BCUT2D eigenvalue weighted by molar-refractivity contribution is 5.82. The van der Waals surface area contributed by atoms with Gasteiger partial charge in [0.1, 0.15) is 0 Å².